The number of nitrogens with two attached hydrogens (primary N) is 2. The summed E-state index contributed by atoms with van der Waals surface area (Å²) < 4.78 is 0.285. The third kappa shape index (κ3) is 2.03. The molecule has 2 bridgehead atoms. The number of aliphatic hydroxyl groups excluding tert-OH is 1. The van der Waals surface area contributed by atoms with Crippen LogP contribution in [0.5, 0.6) is 5.75 Å². The van der Waals surface area contributed by atoms with Gasteiger partial charge in [0.05, 0.1) is 11.0 Å². The molecule has 2 aliphatic carbocycles. The van der Waals surface area contributed by atoms with Crippen LogP contribution in [0, 0.1) is 11.1 Å². The summed E-state index contributed by atoms with van der Waals surface area (Å²) in [5.74, 6) is 0.0759. The van der Waals surface area contributed by atoms with Crippen molar-refractivity contribution in [2.75, 3.05) is 25.1 Å². The molecule has 6 N–H and O–H groups in total. The molecule has 0 radical (unpaired) electrons. The van der Waals surface area contributed by atoms with Crippen LogP contribution >= 0.6 is 11.8 Å². The number of anilines is 2. The number of hydrogen-bond acceptors (Lipinski definition) is 9. The highest BCUT2D eigenvalue weighted by atomic mass is 32.2. The van der Waals surface area contributed by atoms with Gasteiger partial charge in [0.2, 0.25) is 0 Å². The lowest BCUT2D eigenvalue weighted by atomic mass is 9.53. The molecule has 9 nitrogen and oxygen atoms in total. The van der Waals surface area contributed by atoms with E-state index in [0.29, 0.717) is 5.56 Å². The van der Waals surface area contributed by atoms with E-state index in [1.54, 1.807) is 17.8 Å². The maximum atomic E-state index is 11.8. The molecular formula is C20H22N6O3S. The lowest BCUT2D eigenvalue weighted by molar-refractivity contribution is -0.579. The van der Waals surface area contributed by atoms with Crippen molar-refractivity contribution in [3.8, 4) is 17.1 Å². The van der Waals surface area contributed by atoms with E-state index in [2.05, 4.69) is 28.0 Å². The number of nitrogen functional groups attached to an aromatic ring is 2. The van der Waals surface area contributed by atoms with E-state index in [4.69, 9.17) is 11.5 Å². The maximum absolute atomic E-state index is 11.8. The highest BCUT2D eigenvalue weighted by Crippen LogP contribution is 2.66. The number of aliphatic hydroxyl groups is 1. The summed E-state index contributed by atoms with van der Waals surface area (Å²) in [6.45, 7) is 0.931. The van der Waals surface area contributed by atoms with Crippen LogP contribution in [0.4, 0.5) is 11.9 Å². The highest BCUT2D eigenvalue weighted by molar-refractivity contribution is 8.00. The Morgan fingerprint density at radius 2 is 2.03 bits per heavy atom. The van der Waals surface area contributed by atoms with Gasteiger partial charge >= 0.3 is 11.9 Å². The molecule has 1 spiro atoms. The van der Waals surface area contributed by atoms with Crippen LogP contribution in [0.15, 0.2) is 23.1 Å². The average molecular weight is 427 g/mol. The van der Waals surface area contributed by atoms with Crippen LogP contribution in [-0.2, 0) is 11.8 Å². The molecule has 1 saturated heterocycles. The van der Waals surface area contributed by atoms with Crippen LogP contribution in [0.25, 0.3) is 11.4 Å². The number of piperidine rings is 1. The zero-order valence-electron chi connectivity index (χ0n) is 16.3. The second kappa shape index (κ2) is 5.77. The smallest absolute Gasteiger partial charge is 0.319 e. The van der Waals surface area contributed by atoms with Gasteiger partial charge in [0.15, 0.2) is 0 Å². The van der Waals surface area contributed by atoms with Gasteiger partial charge in [-0.1, -0.05) is 22.1 Å². The zero-order valence-corrected chi connectivity index (χ0v) is 17.1. The van der Waals surface area contributed by atoms with Crippen molar-refractivity contribution in [2.24, 2.45) is 5.92 Å². The number of nitrogens with zero attached hydrogens (tertiary/aromatic N) is 4. The Balaban J connectivity index is 1.66. The fourth-order valence-electron chi connectivity index (χ4n) is 6.09. The van der Waals surface area contributed by atoms with Crippen molar-refractivity contribution in [3.05, 3.63) is 34.6 Å². The molecule has 1 aromatic heterocycles. The summed E-state index contributed by atoms with van der Waals surface area (Å²) >= 11 is 1.57. The van der Waals surface area contributed by atoms with Crippen LogP contribution in [0.2, 0.25) is 0 Å². The quantitative estimate of drug-likeness (QED) is 0.284. The van der Waals surface area contributed by atoms with Gasteiger partial charge in [0.1, 0.15) is 5.75 Å². The number of benzene rings is 1. The molecule has 6 rings (SSSR count). The summed E-state index contributed by atoms with van der Waals surface area (Å²) in [6.07, 6.45) is 5.15. The molecule has 3 heterocycles. The minimum Gasteiger partial charge on any atom is -0.762 e. The minimum absolute atomic E-state index is 0.0467. The number of phenolic OH excluding ortho intramolecular Hbond substituents is 1. The molecule has 1 fully saturated rings. The molecule has 5 atom stereocenters. The molecule has 1 aromatic carbocycles. The fraction of sp³-hybridized carbons (Fsp3) is 0.450. The third-order valence-electron chi connectivity index (χ3n) is 7.38. The van der Waals surface area contributed by atoms with Crippen molar-refractivity contribution in [2.45, 2.75) is 40.5 Å². The van der Waals surface area contributed by atoms with Crippen molar-refractivity contribution < 1.29 is 14.9 Å². The van der Waals surface area contributed by atoms with E-state index < -0.39 is 6.10 Å². The minimum atomic E-state index is -0.574. The average Bonchev–Trinajstić information content (AvgIpc) is 3.07. The fourth-order valence-corrected chi connectivity index (χ4v) is 7.79. The van der Waals surface area contributed by atoms with Crippen molar-refractivity contribution in [3.63, 3.8) is 0 Å². The number of aromatic nitrogens is 3. The third-order valence-corrected chi connectivity index (χ3v) is 8.98. The molecule has 0 saturated carbocycles. The van der Waals surface area contributed by atoms with Gasteiger partial charge < -0.3 is 31.8 Å². The highest BCUT2D eigenvalue weighted by Gasteiger charge is 2.63. The Bertz CT molecular complexity index is 1120. The molecule has 4 aliphatic rings. The lowest BCUT2D eigenvalue weighted by Crippen LogP contribution is -2.63. The van der Waals surface area contributed by atoms with E-state index in [1.807, 2.05) is 6.08 Å². The number of aromatic hydroxyl groups is 1. The Morgan fingerprint density at radius 1 is 1.30 bits per heavy atom. The van der Waals surface area contributed by atoms with E-state index in [-0.39, 0.29) is 50.8 Å². The molecule has 0 amide bonds. The molecule has 10 heteroatoms. The summed E-state index contributed by atoms with van der Waals surface area (Å²) in [6, 6.07) is 1.91. The second-order valence-corrected chi connectivity index (χ2v) is 9.82. The van der Waals surface area contributed by atoms with E-state index in [9.17, 15) is 15.4 Å². The molecule has 0 unspecified atom stereocenters. The van der Waals surface area contributed by atoms with E-state index in [0.717, 1.165) is 35.4 Å². The Hall–Kier alpha value is -2.56. The lowest BCUT2D eigenvalue weighted by Gasteiger charge is -2.57. The molecule has 2 aliphatic heterocycles. The van der Waals surface area contributed by atoms with E-state index >= 15 is 0 Å². The largest absolute Gasteiger partial charge is 0.762 e. The van der Waals surface area contributed by atoms with Gasteiger partial charge in [0.25, 0.3) is 5.82 Å². The van der Waals surface area contributed by atoms with Crippen LogP contribution in [0.3, 0.4) is 0 Å². The van der Waals surface area contributed by atoms with Crippen molar-refractivity contribution >= 4 is 23.7 Å². The first-order chi connectivity index (χ1) is 14.3. The normalized spacial score (nSPS) is 33.5. The van der Waals surface area contributed by atoms with Gasteiger partial charge in [-0.25, -0.2) is 4.73 Å². The Kier molecular flexibility index (Phi) is 3.51. The maximum Gasteiger partial charge on any atom is 0.319 e. The number of rotatable bonds is 1. The monoisotopic (exact) mass is 426 g/mol. The standard InChI is InChI=1S/C20H22N6O3S/c1-25-5-4-20-10-2-3-12(27)16(20)30-15-13(28)7-9(8(14(15)20)6-11(10)25)17-23-18(21)26(29)19(22)24-17/h2-3,7,10-12,16,27-28H,4-6H2,1H3,(H4,21,22,23,24)/t10-,11+,12-,16-,20-/m0/s1. The second-order valence-electron chi connectivity index (χ2n) is 8.67. The van der Waals surface area contributed by atoms with Crippen molar-refractivity contribution in [1.29, 1.82) is 0 Å². The van der Waals surface area contributed by atoms with Crippen molar-refractivity contribution in [1.82, 2.24) is 14.9 Å². The molecule has 156 valence electrons. The zero-order chi connectivity index (χ0) is 20.9. The van der Waals surface area contributed by atoms with Crippen LogP contribution < -0.4 is 16.2 Å². The first-order valence-electron chi connectivity index (χ1n) is 9.98. The van der Waals surface area contributed by atoms with Gasteiger partial charge in [-0.2, -0.15) is 0 Å². The number of likely N-dealkylation sites (tertiary alicyclic amines) is 1. The van der Waals surface area contributed by atoms with Crippen LogP contribution in [0.1, 0.15) is 17.5 Å². The predicted molar refractivity (Wildman–Crippen MR) is 112 cm³/mol. The summed E-state index contributed by atoms with van der Waals surface area (Å²) in [5.41, 5.74) is 14.0. The number of thioether (sulfide) groups is 1. The SMILES string of the molecule is CN1CC[C@]23c4c5c(-c6nc(N)[n+]([O-])c(N)n6)cc(O)c4S[C@H]2[C@@H](O)C=C[C@H]3[C@H]1C5. The van der Waals surface area contributed by atoms with Gasteiger partial charge in [-0.3, -0.25) is 0 Å². The number of likely N-dealkylation sites (N-methyl/N-ethyl adjacent to an activating group) is 1. The molecule has 30 heavy (non-hydrogen) atoms. The number of phenols is 1. The van der Waals surface area contributed by atoms with Gasteiger partial charge in [-0.05, 0) is 43.6 Å². The predicted octanol–water partition coefficient (Wildman–Crippen LogP) is 0.166. The first-order valence-corrected chi connectivity index (χ1v) is 10.9. The van der Waals surface area contributed by atoms with Crippen LogP contribution in [-0.4, -0.2) is 56.1 Å². The van der Waals surface area contributed by atoms with E-state index in [1.165, 1.54) is 0 Å². The van der Waals surface area contributed by atoms with Gasteiger partial charge in [-0.15, -0.1) is 11.8 Å². The molecular weight excluding hydrogens is 404 g/mol. The summed E-state index contributed by atoms with van der Waals surface area (Å²) in [7, 11) is 2.13. The first kappa shape index (κ1) is 18.2. The topological polar surface area (TPSA) is 148 Å². The Labute approximate surface area is 177 Å². The number of hydrogen-bond donors (Lipinski definition) is 4. The summed E-state index contributed by atoms with van der Waals surface area (Å²) in [4.78, 5) is 11.5. The molecule has 2 aromatic rings. The Morgan fingerprint density at radius 3 is 2.77 bits per heavy atom. The van der Waals surface area contributed by atoms with Gasteiger partial charge in [0, 0.05) is 28.2 Å². The summed E-state index contributed by atoms with van der Waals surface area (Å²) in [5, 5.41) is 33.6.